The molecule has 0 N–H and O–H groups in total. The summed E-state index contributed by atoms with van der Waals surface area (Å²) in [6.07, 6.45) is -2.94. The van der Waals surface area contributed by atoms with Gasteiger partial charge in [0.05, 0.1) is 25.6 Å². The van der Waals surface area contributed by atoms with Crippen molar-refractivity contribution in [2.24, 2.45) is 0 Å². The lowest BCUT2D eigenvalue weighted by Gasteiger charge is -2.12. The lowest BCUT2D eigenvalue weighted by atomic mass is 10.1. The topological polar surface area (TPSA) is 60.1 Å². The first-order valence-electron chi connectivity index (χ1n) is 7.79. The highest BCUT2D eigenvalue weighted by atomic mass is 19.3. The number of alkyl halides is 2. The molecule has 0 saturated carbocycles. The predicted octanol–water partition coefficient (Wildman–Crippen LogP) is 4.50. The fraction of sp³-hybridized carbons (Fsp3) is 0.158. The quantitative estimate of drug-likeness (QED) is 0.660. The Morgan fingerprint density at radius 2 is 1.70 bits per heavy atom. The Morgan fingerprint density at radius 1 is 1.04 bits per heavy atom. The molecule has 0 fully saturated rings. The summed E-state index contributed by atoms with van der Waals surface area (Å²) in [6, 6.07) is 11.7. The van der Waals surface area contributed by atoms with Gasteiger partial charge in [-0.3, -0.25) is 0 Å². The molecule has 0 unspecified atom stereocenters. The van der Waals surface area contributed by atoms with Gasteiger partial charge in [0.2, 0.25) is 0 Å². The molecule has 0 bridgehead atoms. The van der Waals surface area contributed by atoms with Gasteiger partial charge in [-0.25, -0.2) is 17.9 Å². The van der Waals surface area contributed by atoms with E-state index in [0.29, 0.717) is 22.7 Å². The second-order valence-electron chi connectivity index (χ2n) is 5.48. The van der Waals surface area contributed by atoms with Crippen molar-refractivity contribution < 1.29 is 22.6 Å². The van der Waals surface area contributed by atoms with Crippen molar-refractivity contribution in [2.75, 3.05) is 14.2 Å². The van der Waals surface area contributed by atoms with Crippen LogP contribution in [-0.4, -0.2) is 24.0 Å². The Bertz CT molecular complexity index is 1010. The van der Waals surface area contributed by atoms with Crippen LogP contribution in [0.2, 0.25) is 0 Å². The van der Waals surface area contributed by atoms with E-state index in [1.54, 1.807) is 24.3 Å². The van der Waals surface area contributed by atoms with Crippen LogP contribution in [0.15, 0.2) is 42.5 Å². The van der Waals surface area contributed by atoms with E-state index in [2.05, 4.69) is 5.10 Å². The summed E-state index contributed by atoms with van der Waals surface area (Å²) in [6.45, 7) is 0. The Morgan fingerprint density at radius 3 is 2.26 bits per heavy atom. The minimum Gasteiger partial charge on any atom is -0.493 e. The highest BCUT2D eigenvalue weighted by Crippen LogP contribution is 2.37. The van der Waals surface area contributed by atoms with Crippen LogP contribution >= 0.6 is 0 Å². The fourth-order valence-electron chi connectivity index (χ4n) is 2.72. The van der Waals surface area contributed by atoms with Crippen LogP contribution in [0.3, 0.4) is 0 Å². The van der Waals surface area contributed by atoms with E-state index in [4.69, 9.17) is 9.47 Å². The average molecular weight is 373 g/mol. The van der Waals surface area contributed by atoms with E-state index in [-0.39, 0.29) is 11.3 Å². The van der Waals surface area contributed by atoms with E-state index in [1.165, 1.54) is 43.2 Å². The summed E-state index contributed by atoms with van der Waals surface area (Å²) in [5.74, 6) is 0.333. The molecule has 27 heavy (non-hydrogen) atoms. The van der Waals surface area contributed by atoms with Crippen molar-refractivity contribution in [3.8, 4) is 34.5 Å². The van der Waals surface area contributed by atoms with Gasteiger partial charge in [-0.05, 0) is 42.5 Å². The lowest BCUT2D eigenvalue weighted by Crippen LogP contribution is -2.01. The summed E-state index contributed by atoms with van der Waals surface area (Å²) in [7, 11) is 2.91. The van der Waals surface area contributed by atoms with Gasteiger partial charge >= 0.3 is 0 Å². The zero-order valence-corrected chi connectivity index (χ0v) is 14.4. The largest absolute Gasteiger partial charge is 0.493 e. The van der Waals surface area contributed by atoms with Crippen molar-refractivity contribution in [3.63, 3.8) is 0 Å². The molecule has 0 aliphatic carbocycles. The molecule has 0 radical (unpaired) electrons. The van der Waals surface area contributed by atoms with E-state index in [9.17, 15) is 18.4 Å². The Kier molecular flexibility index (Phi) is 5.03. The zero-order chi connectivity index (χ0) is 19.6. The van der Waals surface area contributed by atoms with Crippen LogP contribution in [-0.2, 0) is 0 Å². The molecule has 0 aliphatic rings. The minimum absolute atomic E-state index is 0.153. The third kappa shape index (κ3) is 3.31. The number of ether oxygens (including phenoxy) is 2. The van der Waals surface area contributed by atoms with E-state index in [0.717, 1.165) is 0 Å². The van der Waals surface area contributed by atoms with Crippen molar-refractivity contribution in [3.05, 3.63) is 59.5 Å². The average Bonchev–Trinajstić information content (AvgIpc) is 3.07. The van der Waals surface area contributed by atoms with E-state index < -0.39 is 17.9 Å². The molecule has 138 valence electrons. The Hall–Kier alpha value is -3.47. The van der Waals surface area contributed by atoms with Gasteiger partial charge in [-0.15, -0.1) is 0 Å². The van der Waals surface area contributed by atoms with Gasteiger partial charge < -0.3 is 9.47 Å². The van der Waals surface area contributed by atoms with Crippen LogP contribution in [0.5, 0.6) is 11.5 Å². The fourth-order valence-corrected chi connectivity index (χ4v) is 2.72. The Balaban J connectivity index is 2.30. The highest BCUT2D eigenvalue weighted by molar-refractivity contribution is 5.73. The first-order valence-corrected chi connectivity index (χ1v) is 7.79. The number of rotatable bonds is 5. The van der Waals surface area contributed by atoms with Crippen molar-refractivity contribution in [2.45, 2.75) is 6.43 Å². The molecule has 0 atom stereocenters. The first kappa shape index (κ1) is 18.3. The SMILES string of the molecule is COc1ccc(-c2c(C#N)c(C(F)F)nn2-c2ccc(F)cc2)cc1OC. The molecule has 3 rings (SSSR count). The predicted molar refractivity (Wildman–Crippen MR) is 91.7 cm³/mol. The van der Waals surface area contributed by atoms with Crippen LogP contribution in [0.1, 0.15) is 17.7 Å². The molecule has 5 nitrogen and oxygen atoms in total. The van der Waals surface area contributed by atoms with Gasteiger partial charge in [0, 0.05) is 5.56 Å². The van der Waals surface area contributed by atoms with Crippen LogP contribution < -0.4 is 9.47 Å². The number of methoxy groups -OCH3 is 2. The second-order valence-corrected chi connectivity index (χ2v) is 5.48. The maximum Gasteiger partial charge on any atom is 0.283 e. The van der Waals surface area contributed by atoms with Crippen LogP contribution in [0.25, 0.3) is 16.9 Å². The second kappa shape index (κ2) is 7.41. The normalized spacial score (nSPS) is 10.7. The monoisotopic (exact) mass is 373 g/mol. The van der Waals surface area contributed by atoms with E-state index >= 15 is 0 Å². The molecule has 1 heterocycles. The van der Waals surface area contributed by atoms with Gasteiger partial charge in [0.15, 0.2) is 11.5 Å². The highest BCUT2D eigenvalue weighted by Gasteiger charge is 2.26. The molecule has 0 saturated heterocycles. The molecule has 1 aromatic heterocycles. The number of hydrogen-bond acceptors (Lipinski definition) is 4. The molecule has 0 spiro atoms. The number of nitrogens with zero attached hydrogens (tertiary/aromatic N) is 3. The van der Waals surface area contributed by atoms with Gasteiger partial charge in [0.1, 0.15) is 23.1 Å². The molecule has 0 aliphatic heterocycles. The van der Waals surface area contributed by atoms with Gasteiger partial charge in [-0.1, -0.05) is 0 Å². The first-order chi connectivity index (χ1) is 13.0. The standard InChI is InChI=1S/C19H14F3N3O2/c1-26-15-8-3-11(9-16(15)27-2)18-14(10-23)17(19(21)22)24-25(18)13-6-4-12(20)5-7-13/h3-9,19H,1-2H3. The number of nitriles is 1. The molecule has 0 amide bonds. The van der Waals surface area contributed by atoms with Crippen LogP contribution in [0, 0.1) is 17.1 Å². The zero-order valence-electron chi connectivity index (χ0n) is 14.4. The summed E-state index contributed by atoms with van der Waals surface area (Å²) in [5.41, 5.74) is 0.00558. The maximum absolute atomic E-state index is 13.4. The molecule has 8 heteroatoms. The number of halogens is 3. The number of benzene rings is 2. The molecular weight excluding hydrogens is 359 g/mol. The number of hydrogen-bond donors (Lipinski definition) is 0. The summed E-state index contributed by atoms with van der Waals surface area (Å²) >= 11 is 0. The third-order valence-electron chi connectivity index (χ3n) is 3.96. The summed E-state index contributed by atoms with van der Waals surface area (Å²) in [4.78, 5) is 0. The molecular formula is C19H14F3N3O2. The molecule has 3 aromatic rings. The third-order valence-corrected chi connectivity index (χ3v) is 3.96. The summed E-state index contributed by atoms with van der Waals surface area (Å²) in [5, 5.41) is 13.4. The minimum atomic E-state index is -2.94. The smallest absolute Gasteiger partial charge is 0.283 e. The van der Waals surface area contributed by atoms with Gasteiger partial charge in [-0.2, -0.15) is 10.4 Å². The maximum atomic E-state index is 13.4. The number of aromatic nitrogens is 2. The van der Waals surface area contributed by atoms with Crippen molar-refractivity contribution >= 4 is 0 Å². The van der Waals surface area contributed by atoms with E-state index in [1.807, 2.05) is 0 Å². The van der Waals surface area contributed by atoms with Crippen molar-refractivity contribution in [1.29, 1.82) is 5.26 Å². The lowest BCUT2D eigenvalue weighted by molar-refractivity contribution is 0.145. The Labute approximate surface area is 153 Å². The van der Waals surface area contributed by atoms with Crippen molar-refractivity contribution in [1.82, 2.24) is 9.78 Å². The van der Waals surface area contributed by atoms with Gasteiger partial charge in [0.25, 0.3) is 6.43 Å². The summed E-state index contributed by atoms with van der Waals surface area (Å²) < 4.78 is 51.8. The molecule has 2 aromatic carbocycles. The van der Waals surface area contributed by atoms with Crippen LogP contribution in [0.4, 0.5) is 13.2 Å².